The molecule has 2 N–H and O–H groups in total. The van der Waals surface area contributed by atoms with E-state index in [2.05, 4.69) is 28.5 Å². The Labute approximate surface area is 72.6 Å². The van der Waals surface area contributed by atoms with Crippen molar-refractivity contribution in [3.05, 3.63) is 11.8 Å². The second-order valence-electron chi connectivity index (χ2n) is 3.45. The molecule has 12 heavy (non-hydrogen) atoms. The Morgan fingerprint density at radius 3 is 3.17 bits per heavy atom. The molecule has 0 amide bonds. The van der Waals surface area contributed by atoms with E-state index in [1.54, 1.807) is 0 Å². The molecule has 0 atom stereocenters. The van der Waals surface area contributed by atoms with Crippen LogP contribution in [0.3, 0.4) is 0 Å². The fourth-order valence-electron chi connectivity index (χ4n) is 1.27. The maximum absolute atomic E-state index is 4.18. The van der Waals surface area contributed by atoms with Gasteiger partial charge in [0.25, 0.3) is 0 Å². The highest BCUT2D eigenvalue weighted by Crippen LogP contribution is 2.23. The molecule has 3 nitrogen and oxygen atoms in total. The predicted molar refractivity (Wildman–Crippen MR) is 49.2 cm³/mol. The summed E-state index contributed by atoms with van der Waals surface area (Å²) in [7, 11) is 0. The Hall–Kier alpha value is -0.990. The van der Waals surface area contributed by atoms with Crippen LogP contribution in [0.1, 0.15) is 31.9 Å². The highest BCUT2D eigenvalue weighted by molar-refractivity contribution is 5.37. The number of aryl methyl sites for hydroxylation is 1. The first-order valence-corrected chi connectivity index (χ1v) is 4.69. The summed E-state index contributed by atoms with van der Waals surface area (Å²) < 4.78 is 0. The zero-order chi connectivity index (χ0) is 8.39. The van der Waals surface area contributed by atoms with E-state index in [0.29, 0.717) is 6.04 Å². The van der Waals surface area contributed by atoms with Crippen molar-refractivity contribution in [2.45, 2.75) is 38.6 Å². The van der Waals surface area contributed by atoms with Crippen molar-refractivity contribution < 1.29 is 0 Å². The van der Waals surface area contributed by atoms with Crippen molar-refractivity contribution in [3.63, 3.8) is 0 Å². The summed E-state index contributed by atoms with van der Waals surface area (Å²) in [6.07, 6.45) is 4.87. The van der Waals surface area contributed by atoms with Gasteiger partial charge in [0, 0.05) is 17.8 Å². The molecule has 1 aromatic rings. The fraction of sp³-hybridized carbons (Fsp3) is 0.667. The molecule has 1 aliphatic carbocycles. The molecule has 0 unspecified atom stereocenters. The van der Waals surface area contributed by atoms with E-state index in [9.17, 15) is 0 Å². The van der Waals surface area contributed by atoms with E-state index in [-0.39, 0.29) is 0 Å². The van der Waals surface area contributed by atoms with Gasteiger partial charge in [-0.2, -0.15) is 5.10 Å². The molecule has 1 fully saturated rings. The number of anilines is 1. The lowest BCUT2D eigenvalue weighted by Crippen LogP contribution is -2.00. The van der Waals surface area contributed by atoms with Gasteiger partial charge in [-0.25, -0.2) is 0 Å². The molecule has 1 aliphatic rings. The summed E-state index contributed by atoms with van der Waals surface area (Å²) in [5.74, 6) is 1.01. The predicted octanol–water partition coefficient (Wildman–Crippen LogP) is 1.94. The molecule has 1 saturated carbocycles. The van der Waals surface area contributed by atoms with E-state index in [0.717, 1.165) is 12.2 Å². The lowest BCUT2D eigenvalue weighted by Gasteiger charge is -1.95. The molecule has 0 radical (unpaired) electrons. The molecule has 0 spiro atoms. The van der Waals surface area contributed by atoms with Crippen molar-refractivity contribution in [1.29, 1.82) is 0 Å². The Bertz CT molecular complexity index is 250. The summed E-state index contributed by atoms with van der Waals surface area (Å²) in [6.45, 7) is 2.18. The fourth-order valence-corrected chi connectivity index (χ4v) is 1.27. The van der Waals surface area contributed by atoms with Crippen LogP contribution < -0.4 is 5.32 Å². The number of nitrogens with one attached hydrogen (secondary N) is 2. The first kappa shape index (κ1) is 7.65. The lowest BCUT2D eigenvalue weighted by molar-refractivity contribution is 0.867. The van der Waals surface area contributed by atoms with E-state index in [1.807, 2.05) is 0 Å². The molecular weight excluding hydrogens is 150 g/mol. The van der Waals surface area contributed by atoms with Crippen molar-refractivity contribution >= 4 is 5.82 Å². The zero-order valence-electron chi connectivity index (χ0n) is 7.43. The lowest BCUT2D eigenvalue weighted by atomic mass is 10.2. The van der Waals surface area contributed by atoms with Gasteiger partial charge in [0.15, 0.2) is 0 Å². The number of rotatable bonds is 4. The minimum absolute atomic E-state index is 0.697. The third-order valence-electron chi connectivity index (χ3n) is 2.08. The third kappa shape index (κ3) is 1.78. The van der Waals surface area contributed by atoms with Crippen LogP contribution in [0.2, 0.25) is 0 Å². The average molecular weight is 165 g/mol. The Kier molecular flexibility index (Phi) is 2.02. The number of aromatic nitrogens is 2. The summed E-state index contributed by atoms with van der Waals surface area (Å²) in [4.78, 5) is 0. The van der Waals surface area contributed by atoms with Crippen molar-refractivity contribution in [1.82, 2.24) is 10.2 Å². The monoisotopic (exact) mass is 165 g/mol. The van der Waals surface area contributed by atoms with E-state index < -0.39 is 0 Å². The molecule has 0 aliphatic heterocycles. The minimum Gasteiger partial charge on any atom is -0.366 e. The van der Waals surface area contributed by atoms with Crippen LogP contribution in [0.25, 0.3) is 0 Å². The largest absolute Gasteiger partial charge is 0.366 e. The molecule has 3 heteroatoms. The topological polar surface area (TPSA) is 40.7 Å². The second kappa shape index (κ2) is 3.17. The number of hydrogen-bond acceptors (Lipinski definition) is 2. The molecular formula is C9H15N3. The molecule has 2 rings (SSSR count). The van der Waals surface area contributed by atoms with Gasteiger partial charge < -0.3 is 5.32 Å². The normalized spacial score (nSPS) is 16.4. The zero-order valence-corrected chi connectivity index (χ0v) is 7.43. The quantitative estimate of drug-likeness (QED) is 0.715. The number of H-pyrrole nitrogens is 1. The van der Waals surface area contributed by atoms with E-state index in [4.69, 9.17) is 0 Å². The molecule has 0 saturated heterocycles. The second-order valence-corrected chi connectivity index (χ2v) is 3.45. The molecule has 66 valence electrons. The molecule has 1 heterocycles. The van der Waals surface area contributed by atoms with Gasteiger partial charge in [-0.1, -0.05) is 13.3 Å². The summed E-state index contributed by atoms with van der Waals surface area (Å²) in [6, 6.07) is 2.81. The van der Waals surface area contributed by atoms with Gasteiger partial charge in [-0.15, -0.1) is 0 Å². The maximum Gasteiger partial charge on any atom is 0.148 e. The number of aromatic amines is 1. The number of hydrogen-bond donors (Lipinski definition) is 2. The molecule has 0 aromatic carbocycles. The highest BCUT2D eigenvalue weighted by Gasteiger charge is 2.21. The SMILES string of the molecule is CCCc1cc(NC2CC2)n[nH]1. The Morgan fingerprint density at radius 2 is 2.50 bits per heavy atom. The average Bonchev–Trinajstić information content (AvgIpc) is 2.74. The third-order valence-corrected chi connectivity index (χ3v) is 2.08. The first-order chi connectivity index (χ1) is 5.88. The standard InChI is InChI=1S/C9H15N3/c1-2-3-8-6-9(12-11-8)10-7-4-5-7/h6-7H,2-5H2,1H3,(H2,10,11,12). The molecule has 0 bridgehead atoms. The summed E-state index contributed by atoms with van der Waals surface area (Å²) in [5.41, 5.74) is 1.24. The highest BCUT2D eigenvalue weighted by atomic mass is 15.2. The maximum atomic E-state index is 4.18. The Morgan fingerprint density at radius 1 is 1.67 bits per heavy atom. The van der Waals surface area contributed by atoms with Crippen LogP contribution in [-0.2, 0) is 6.42 Å². The van der Waals surface area contributed by atoms with Crippen LogP contribution in [0.4, 0.5) is 5.82 Å². The van der Waals surface area contributed by atoms with Crippen LogP contribution in [0.5, 0.6) is 0 Å². The Balaban J connectivity index is 1.92. The van der Waals surface area contributed by atoms with Gasteiger partial charge in [-0.3, -0.25) is 5.10 Å². The van der Waals surface area contributed by atoms with Gasteiger partial charge >= 0.3 is 0 Å². The van der Waals surface area contributed by atoms with Gasteiger partial charge in [0.1, 0.15) is 5.82 Å². The van der Waals surface area contributed by atoms with Crippen molar-refractivity contribution in [2.24, 2.45) is 0 Å². The minimum atomic E-state index is 0.697. The first-order valence-electron chi connectivity index (χ1n) is 4.69. The van der Waals surface area contributed by atoms with Gasteiger partial charge in [0.2, 0.25) is 0 Å². The van der Waals surface area contributed by atoms with Crippen LogP contribution in [0, 0.1) is 0 Å². The van der Waals surface area contributed by atoms with Gasteiger partial charge in [-0.05, 0) is 19.3 Å². The number of nitrogens with zero attached hydrogens (tertiary/aromatic N) is 1. The van der Waals surface area contributed by atoms with Crippen LogP contribution in [-0.4, -0.2) is 16.2 Å². The van der Waals surface area contributed by atoms with Crippen molar-refractivity contribution in [3.8, 4) is 0 Å². The van der Waals surface area contributed by atoms with Crippen LogP contribution >= 0.6 is 0 Å². The van der Waals surface area contributed by atoms with Crippen molar-refractivity contribution in [2.75, 3.05) is 5.32 Å². The smallest absolute Gasteiger partial charge is 0.148 e. The van der Waals surface area contributed by atoms with E-state index in [1.165, 1.54) is 25.0 Å². The van der Waals surface area contributed by atoms with E-state index >= 15 is 0 Å². The van der Waals surface area contributed by atoms with Gasteiger partial charge in [0.05, 0.1) is 0 Å². The molecule has 1 aromatic heterocycles. The summed E-state index contributed by atoms with van der Waals surface area (Å²) in [5, 5.41) is 10.6. The van der Waals surface area contributed by atoms with Crippen LogP contribution in [0.15, 0.2) is 6.07 Å². The summed E-state index contributed by atoms with van der Waals surface area (Å²) >= 11 is 0.